The van der Waals surface area contributed by atoms with Crippen molar-refractivity contribution >= 4 is 7.60 Å². The third-order valence-corrected chi connectivity index (χ3v) is 3.90. The van der Waals surface area contributed by atoms with Crippen molar-refractivity contribution in [3.05, 3.63) is 0 Å². The smallest absolute Gasteiger partial charge is 0.309 e. The Morgan fingerprint density at radius 1 is 1.07 bits per heavy atom. The summed E-state index contributed by atoms with van der Waals surface area (Å²) in [6.45, 7) is 9.09. The fourth-order valence-corrected chi connectivity index (χ4v) is 3.15. The Bertz CT molecular complexity index is 168. The molecule has 0 amide bonds. The lowest BCUT2D eigenvalue weighted by Gasteiger charge is -2.19. The van der Waals surface area contributed by atoms with Gasteiger partial charge in [0.1, 0.15) is 0 Å². The third kappa shape index (κ3) is 6.58. The van der Waals surface area contributed by atoms with Crippen molar-refractivity contribution in [3.63, 3.8) is 0 Å². The van der Waals surface area contributed by atoms with Gasteiger partial charge in [0, 0.05) is 0 Å². The molecule has 4 heteroatoms. The molecule has 0 radical (unpaired) electrons. The highest BCUT2D eigenvalue weighted by molar-refractivity contribution is 7.53. The lowest BCUT2D eigenvalue weighted by molar-refractivity contribution is 0.202. The number of hydrogen-bond donors (Lipinski definition) is 0. The summed E-state index contributed by atoms with van der Waals surface area (Å²) in [5.74, 6) is 0.342. The van der Waals surface area contributed by atoms with Crippen molar-refractivity contribution in [2.45, 2.75) is 40.5 Å². The molecule has 0 aliphatic rings. The van der Waals surface area contributed by atoms with E-state index in [1.807, 2.05) is 27.7 Å². The van der Waals surface area contributed by atoms with E-state index in [4.69, 9.17) is 9.05 Å². The highest BCUT2D eigenvalue weighted by Crippen LogP contribution is 2.49. The van der Waals surface area contributed by atoms with Gasteiger partial charge >= 0.3 is 7.60 Å². The van der Waals surface area contributed by atoms with E-state index >= 15 is 0 Å². The predicted molar refractivity (Wildman–Crippen MR) is 59.8 cm³/mol. The largest absolute Gasteiger partial charge is 0.330 e. The Labute approximate surface area is 87.7 Å². The summed E-state index contributed by atoms with van der Waals surface area (Å²) < 4.78 is 22.7. The van der Waals surface area contributed by atoms with Crippen LogP contribution in [0.15, 0.2) is 0 Å². The van der Waals surface area contributed by atoms with Gasteiger partial charge in [-0.15, -0.1) is 0 Å². The molecule has 0 rings (SSSR count). The van der Waals surface area contributed by atoms with Crippen molar-refractivity contribution in [1.82, 2.24) is 0 Å². The minimum absolute atomic E-state index is 0.342. The van der Waals surface area contributed by atoms with Gasteiger partial charge in [0.2, 0.25) is 0 Å². The van der Waals surface area contributed by atoms with Gasteiger partial charge in [-0.2, -0.15) is 0 Å². The van der Waals surface area contributed by atoms with E-state index < -0.39 is 7.60 Å². The third-order valence-electron chi connectivity index (χ3n) is 1.57. The molecule has 14 heavy (non-hydrogen) atoms. The molecule has 0 atom stereocenters. The van der Waals surface area contributed by atoms with E-state index in [1.54, 1.807) is 0 Å². The maximum atomic E-state index is 12.1. The van der Waals surface area contributed by atoms with Crippen LogP contribution in [0.5, 0.6) is 0 Å². The molecule has 0 heterocycles. The van der Waals surface area contributed by atoms with Gasteiger partial charge in [0.15, 0.2) is 0 Å². The van der Waals surface area contributed by atoms with Crippen molar-refractivity contribution < 1.29 is 13.6 Å². The Morgan fingerprint density at radius 3 is 1.79 bits per heavy atom. The van der Waals surface area contributed by atoms with Crippen molar-refractivity contribution in [3.8, 4) is 0 Å². The second-order valence-electron chi connectivity index (χ2n) is 3.85. The van der Waals surface area contributed by atoms with E-state index in [0.29, 0.717) is 25.3 Å². The molecule has 0 bridgehead atoms. The normalized spacial score (nSPS) is 12.4. The second-order valence-corrected chi connectivity index (χ2v) is 5.96. The average molecular weight is 222 g/mol. The second kappa shape index (κ2) is 7.44. The first-order valence-electron chi connectivity index (χ1n) is 5.42. The van der Waals surface area contributed by atoms with Gasteiger partial charge in [-0.25, -0.2) is 0 Å². The average Bonchev–Trinajstić information content (AvgIpc) is 2.11. The predicted octanol–water partition coefficient (Wildman–Crippen LogP) is 3.69. The lowest BCUT2D eigenvalue weighted by Crippen LogP contribution is -2.06. The standard InChI is InChI=1S/C10H23O3P/c1-5-7-12-14(11,9-10(3)4)13-8-6-2/h10H,5-9H2,1-4H3. The minimum Gasteiger partial charge on any atom is -0.309 e. The van der Waals surface area contributed by atoms with E-state index in [-0.39, 0.29) is 0 Å². The highest BCUT2D eigenvalue weighted by atomic mass is 31.2. The van der Waals surface area contributed by atoms with Crippen LogP contribution in [0, 0.1) is 5.92 Å². The SMILES string of the molecule is CCCOP(=O)(CC(C)C)OCCC. The van der Waals surface area contributed by atoms with Crippen molar-refractivity contribution in [1.29, 1.82) is 0 Å². The summed E-state index contributed by atoms with van der Waals surface area (Å²) in [6.07, 6.45) is 2.27. The van der Waals surface area contributed by atoms with Crippen LogP contribution < -0.4 is 0 Å². The summed E-state index contributed by atoms with van der Waals surface area (Å²) >= 11 is 0. The zero-order valence-corrected chi connectivity index (χ0v) is 10.7. The molecule has 0 N–H and O–H groups in total. The van der Waals surface area contributed by atoms with Gasteiger partial charge in [-0.1, -0.05) is 27.7 Å². The van der Waals surface area contributed by atoms with Crippen LogP contribution in [-0.4, -0.2) is 19.4 Å². The van der Waals surface area contributed by atoms with Gasteiger partial charge in [0.05, 0.1) is 19.4 Å². The number of rotatable bonds is 8. The van der Waals surface area contributed by atoms with Gasteiger partial charge in [-0.3, -0.25) is 4.57 Å². The molecule has 0 unspecified atom stereocenters. The molecule has 0 aliphatic carbocycles. The summed E-state index contributed by atoms with van der Waals surface area (Å²) in [5, 5.41) is 0. The molecule has 0 aliphatic heterocycles. The fourth-order valence-electron chi connectivity index (χ4n) is 1.05. The van der Waals surface area contributed by atoms with Crippen LogP contribution in [0.25, 0.3) is 0 Å². The lowest BCUT2D eigenvalue weighted by atomic mass is 10.3. The Morgan fingerprint density at radius 2 is 1.50 bits per heavy atom. The molecular weight excluding hydrogens is 199 g/mol. The Hall–Kier alpha value is 0.150. The van der Waals surface area contributed by atoms with Crippen LogP contribution in [-0.2, 0) is 13.6 Å². The molecule has 0 spiro atoms. The first-order valence-corrected chi connectivity index (χ1v) is 7.15. The number of hydrogen-bond acceptors (Lipinski definition) is 3. The van der Waals surface area contributed by atoms with E-state index in [9.17, 15) is 4.57 Å². The minimum atomic E-state index is -2.81. The molecule has 0 aromatic heterocycles. The van der Waals surface area contributed by atoms with Gasteiger partial charge < -0.3 is 9.05 Å². The van der Waals surface area contributed by atoms with E-state index in [0.717, 1.165) is 12.8 Å². The topological polar surface area (TPSA) is 35.5 Å². The summed E-state index contributed by atoms with van der Waals surface area (Å²) in [6, 6.07) is 0. The zero-order chi connectivity index (χ0) is 11.0. The van der Waals surface area contributed by atoms with Crippen LogP contribution in [0.3, 0.4) is 0 Å². The summed E-state index contributed by atoms with van der Waals surface area (Å²) in [5.41, 5.74) is 0. The summed E-state index contributed by atoms with van der Waals surface area (Å²) in [7, 11) is -2.81. The molecular formula is C10H23O3P. The highest BCUT2D eigenvalue weighted by Gasteiger charge is 2.25. The van der Waals surface area contributed by atoms with E-state index in [1.165, 1.54) is 0 Å². The zero-order valence-electron chi connectivity index (χ0n) is 9.78. The Kier molecular flexibility index (Phi) is 7.52. The Balaban J connectivity index is 4.11. The molecule has 0 aromatic carbocycles. The van der Waals surface area contributed by atoms with Crippen LogP contribution in [0.4, 0.5) is 0 Å². The molecule has 0 saturated heterocycles. The van der Waals surface area contributed by atoms with Crippen LogP contribution >= 0.6 is 7.60 Å². The molecule has 0 fully saturated rings. The quantitative estimate of drug-likeness (QED) is 0.587. The maximum absolute atomic E-state index is 12.1. The monoisotopic (exact) mass is 222 g/mol. The van der Waals surface area contributed by atoms with Crippen LogP contribution in [0.2, 0.25) is 0 Å². The first-order chi connectivity index (χ1) is 6.54. The van der Waals surface area contributed by atoms with Crippen LogP contribution in [0.1, 0.15) is 40.5 Å². The molecule has 86 valence electrons. The molecule has 0 aromatic rings. The maximum Gasteiger partial charge on any atom is 0.330 e. The molecule has 0 saturated carbocycles. The fraction of sp³-hybridized carbons (Fsp3) is 1.00. The summed E-state index contributed by atoms with van der Waals surface area (Å²) in [4.78, 5) is 0. The molecule has 3 nitrogen and oxygen atoms in total. The van der Waals surface area contributed by atoms with Crippen molar-refractivity contribution in [2.24, 2.45) is 5.92 Å². The van der Waals surface area contributed by atoms with Gasteiger partial charge in [0.25, 0.3) is 0 Å². The van der Waals surface area contributed by atoms with Gasteiger partial charge in [-0.05, 0) is 18.8 Å². The van der Waals surface area contributed by atoms with E-state index in [2.05, 4.69) is 0 Å². The first kappa shape index (κ1) is 14.2. The van der Waals surface area contributed by atoms with Crippen molar-refractivity contribution in [2.75, 3.05) is 19.4 Å².